The summed E-state index contributed by atoms with van der Waals surface area (Å²) in [7, 11) is 0. The predicted molar refractivity (Wildman–Crippen MR) is 270 cm³/mol. The Morgan fingerprint density at radius 2 is 0.571 bits per heavy atom. The average Bonchev–Trinajstić information content (AvgIpc) is 3.28. The Bertz CT molecular complexity index is 1130. The second-order valence-electron chi connectivity index (χ2n) is 17.4. The minimum Gasteiger partial charge on any atom is -0.462 e. The summed E-state index contributed by atoms with van der Waals surface area (Å²) >= 11 is 0. The number of esters is 3. The highest BCUT2D eigenvalue weighted by Gasteiger charge is 2.19. The third-order valence-electron chi connectivity index (χ3n) is 11.2. The first-order valence-electron chi connectivity index (χ1n) is 26.4. The van der Waals surface area contributed by atoms with Gasteiger partial charge in [0.1, 0.15) is 13.2 Å². The van der Waals surface area contributed by atoms with E-state index in [1.54, 1.807) is 0 Å². The van der Waals surface area contributed by atoms with Crippen molar-refractivity contribution in [3.63, 3.8) is 0 Å². The van der Waals surface area contributed by atoms with E-state index in [0.29, 0.717) is 19.3 Å². The zero-order valence-electron chi connectivity index (χ0n) is 41.3. The Kier molecular flexibility index (Phi) is 48.9. The number of rotatable bonds is 47. The fourth-order valence-electron chi connectivity index (χ4n) is 7.12. The van der Waals surface area contributed by atoms with Gasteiger partial charge in [-0.15, -0.1) is 0 Å². The second-order valence-corrected chi connectivity index (χ2v) is 17.4. The molecule has 63 heavy (non-hydrogen) atoms. The molecule has 0 bridgehead atoms. The lowest BCUT2D eigenvalue weighted by molar-refractivity contribution is -0.167. The molecular weight excluding hydrogens is 781 g/mol. The molecule has 0 aliphatic rings. The van der Waals surface area contributed by atoms with E-state index >= 15 is 0 Å². The predicted octanol–water partition coefficient (Wildman–Crippen LogP) is 17.4. The molecule has 0 amide bonds. The first-order valence-corrected chi connectivity index (χ1v) is 26.4. The van der Waals surface area contributed by atoms with E-state index in [1.807, 2.05) is 0 Å². The third-order valence-corrected chi connectivity index (χ3v) is 11.2. The van der Waals surface area contributed by atoms with Crippen LogP contribution in [-0.2, 0) is 28.6 Å². The van der Waals surface area contributed by atoms with E-state index in [-0.39, 0.29) is 31.1 Å². The first-order chi connectivity index (χ1) is 31.0. The molecule has 0 fully saturated rings. The van der Waals surface area contributed by atoms with Crippen LogP contribution in [0.5, 0.6) is 0 Å². The molecular formula is C57H98O6. The van der Waals surface area contributed by atoms with Crippen LogP contribution in [0.3, 0.4) is 0 Å². The summed E-state index contributed by atoms with van der Waals surface area (Å²) in [6.07, 6.45) is 64.4. The fourth-order valence-corrected chi connectivity index (χ4v) is 7.12. The standard InChI is InChI=1S/C57H98O6/c1-4-7-10-13-16-19-22-25-28-31-34-37-40-43-46-49-55(58)61-52-54(63-57(60)51-48-45-42-39-36-33-30-27-24-21-18-15-12-9-6-3)53-62-56(59)50-47-44-41-38-35-32-29-26-23-20-17-14-11-8-5-2/h16-21,25-30,54H,4-15,22-24,31-53H2,1-3H3/b19-16-,20-17-,21-18-,28-25-,29-26-,30-27-. The molecule has 362 valence electrons. The second kappa shape index (κ2) is 51.5. The maximum absolute atomic E-state index is 12.8. The molecule has 0 aromatic rings. The SMILES string of the molecule is CCCCC/C=C\C/C=C\CCCCCCCC(=O)OCC(COC(=O)CCCCCCC/C=C\C/C=C\CCCCC)OC(=O)CCCCCCC/C=C\C/C=C\CCCCC. The lowest BCUT2D eigenvalue weighted by Gasteiger charge is -2.18. The maximum Gasteiger partial charge on any atom is 0.306 e. The van der Waals surface area contributed by atoms with Crippen molar-refractivity contribution in [3.8, 4) is 0 Å². The zero-order valence-corrected chi connectivity index (χ0v) is 41.3. The molecule has 0 saturated carbocycles. The van der Waals surface area contributed by atoms with E-state index in [9.17, 15) is 14.4 Å². The largest absolute Gasteiger partial charge is 0.462 e. The summed E-state index contributed by atoms with van der Waals surface area (Å²) in [5.41, 5.74) is 0. The van der Waals surface area contributed by atoms with Gasteiger partial charge in [-0.2, -0.15) is 0 Å². The van der Waals surface area contributed by atoms with E-state index in [0.717, 1.165) is 135 Å². The molecule has 0 aromatic heterocycles. The zero-order chi connectivity index (χ0) is 45.8. The Morgan fingerprint density at radius 3 is 0.873 bits per heavy atom. The smallest absolute Gasteiger partial charge is 0.306 e. The fraction of sp³-hybridized carbons (Fsp3) is 0.737. The minimum atomic E-state index is -0.794. The van der Waals surface area contributed by atoms with Gasteiger partial charge in [0.15, 0.2) is 6.10 Å². The van der Waals surface area contributed by atoms with Crippen molar-refractivity contribution in [3.05, 3.63) is 72.9 Å². The molecule has 0 saturated heterocycles. The molecule has 0 unspecified atom stereocenters. The molecule has 0 rings (SSSR count). The van der Waals surface area contributed by atoms with Gasteiger partial charge in [-0.3, -0.25) is 14.4 Å². The molecule has 0 N–H and O–H groups in total. The van der Waals surface area contributed by atoms with Crippen molar-refractivity contribution in [2.75, 3.05) is 13.2 Å². The van der Waals surface area contributed by atoms with E-state index < -0.39 is 6.10 Å². The maximum atomic E-state index is 12.8. The van der Waals surface area contributed by atoms with Crippen LogP contribution in [0.2, 0.25) is 0 Å². The molecule has 0 aliphatic carbocycles. The Hall–Kier alpha value is -3.15. The number of unbranched alkanes of at least 4 members (excludes halogenated alkanes) is 24. The van der Waals surface area contributed by atoms with Crippen molar-refractivity contribution in [1.29, 1.82) is 0 Å². The molecule has 0 radical (unpaired) electrons. The summed E-state index contributed by atoms with van der Waals surface area (Å²) in [4.78, 5) is 38.0. The van der Waals surface area contributed by atoms with Crippen LogP contribution in [0.4, 0.5) is 0 Å². The molecule has 0 aromatic carbocycles. The quantitative estimate of drug-likeness (QED) is 0.0262. The van der Waals surface area contributed by atoms with Gasteiger partial charge in [0.05, 0.1) is 0 Å². The Morgan fingerprint density at radius 1 is 0.317 bits per heavy atom. The van der Waals surface area contributed by atoms with Gasteiger partial charge in [0.25, 0.3) is 0 Å². The molecule has 6 heteroatoms. The van der Waals surface area contributed by atoms with E-state index in [4.69, 9.17) is 14.2 Å². The third kappa shape index (κ3) is 49.7. The monoisotopic (exact) mass is 879 g/mol. The number of carbonyl (C=O) groups is 3. The highest BCUT2D eigenvalue weighted by atomic mass is 16.6. The average molecular weight is 879 g/mol. The van der Waals surface area contributed by atoms with Crippen LogP contribution in [0.1, 0.15) is 252 Å². The van der Waals surface area contributed by atoms with Gasteiger partial charge in [0, 0.05) is 19.3 Å². The summed E-state index contributed by atoms with van der Waals surface area (Å²) in [5, 5.41) is 0. The van der Waals surface area contributed by atoms with Gasteiger partial charge in [-0.05, 0) is 116 Å². The number of carbonyl (C=O) groups excluding carboxylic acids is 3. The van der Waals surface area contributed by atoms with Gasteiger partial charge in [-0.1, -0.05) is 190 Å². The van der Waals surface area contributed by atoms with Crippen LogP contribution in [-0.4, -0.2) is 37.2 Å². The van der Waals surface area contributed by atoms with Crippen molar-refractivity contribution < 1.29 is 28.6 Å². The summed E-state index contributed by atoms with van der Waals surface area (Å²) < 4.78 is 16.8. The molecule has 0 heterocycles. The van der Waals surface area contributed by atoms with E-state index in [2.05, 4.69) is 93.7 Å². The Labute approximate surface area is 389 Å². The van der Waals surface area contributed by atoms with Crippen molar-refractivity contribution in [1.82, 2.24) is 0 Å². The van der Waals surface area contributed by atoms with Gasteiger partial charge in [0.2, 0.25) is 0 Å². The summed E-state index contributed by atoms with van der Waals surface area (Å²) in [5.74, 6) is -0.931. The first kappa shape index (κ1) is 59.9. The van der Waals surface area contributed by atoms with E-state index in [1.165, 1.54) is 77.0 Å². The molecule has 0 atom stereocenters. The van der Waals surface area contributed by atoms with Crippen LogP contribution in [0, 0.1) is 0 Å². The van der Waals surface area contributed by atoms with Gasteiger partial charge in [-0.25, -0.2) is 0 Å². The number of allylic oxidation sites excluding steroid dienone is 12. The van der Waals surface area contributed by atoms with Gasteiger partial charge < -0.3 is 14.2 Å². The summed E-state index contributed by atoms with van der Waals surface area (Å²) in [6, 6.07) is 0. The van der Waals surface area contributed by atoms with Crippen molar-refractivity contribution in [2.45, 2.75) is 258 Å². The highest BCUT2D eigenvalue weighted by molar-refractivity contribution is 5.71. The number of hydrogen-bond donors (Lipinski definition) is 0. The molecule has 6 nitrogen and oxygen atoms in total. The van der Waals surface area contributed by atoms with Crippen LogP contribution >= 0.6 is 0 Å². The summed E-state index contributed by atoms with van der Waals surface area (Å²) in [6.45, 7) is 6.52. The topological polar surface area (TPSA) is 78.9 Å². The van der Waals surface area contributed by atoms with Crippen molar-refractivity contribution in [2.24, 2.45) is 0 Å². The lowest BCUT2D eigenvalue weighted by Crippen LogP contribution is -2.30. The van der Waals surface area contributed by atoms with Crippen LogP contribution in [0.15, 0.2) is 72.9 Å². The number of hydrogen-bond acceptors (Lipinski definition) is 6. The van der Waals surface area contributed by atoms with Crippen LogP contribution in [0.25, 0.3) is 0 Å². The molecule has 0 spiro atoms. The number of ether oxygens (including phenoxy) is 3. The van der Waals surface area contributed by atoms with Crippen molar-refractivity contribution >= 4 is 17.9 Å². The minimum absolute atomic E-state index is 0.0933. The molecule has 0 aliphatic heterocycles. The highest BCUT2D eigenvalue weighted by Crippen LogP contribution is 2.13. The lowest BCUT2D eigenvalue weighted by atomic mass is 10.1. The van der Waals surface area contributed by atoms with Gasteiger partial charge >= 0.3 is 17.9 Å². The normalized spacial score (nSPS) is 12.2. The Balaban J connectivity index is 4.46. The van der Waals surface area contributed by atoms with Crippen LogP contribution < -0.4 is 0 Å².